The molecule has 0 aliphatic carbocycles. The molecular weight excluding hydrogens is 575 g/mol. The Labute approximate surface area is 264 Å². The highest BCUT2D eigenvalue weighted by Crippen LogP contribution is 2.49. The number of ether oxygens (including phenoxy) is 1. The number of hydrogen-bond acceptors (Lipinski definition) is 5. The normalized spacial score (nSPS) is 13.6. The van der Waals surface area contributed by atoms with Gasteiger partial charge < -0.3 is 4.74 Å². The lowest BCUT2D eigenvalue weighted by atomic mass is 9.77. The van der Waals surface area contributed by atoms with Gasteiger partial charge in [-0.15, -0.1) is 0 Å². The minimum Gasteiger partial charge on any atom is -0.457 e. The molecule has 6 nitrogen and oxygen atoms in total. The van der Waals surface area contributed by atoms with Gasteiger partial charge in [0.2, 0.25) is 0 Å². The van der Waals surface area contributed by atoms with Gasteiger partial charge in [0, 0.05) is 62.4 Å². The van der Waals surface area contributed by atoms with Crippen molar-refractivity contribution < 1.29 is 4.74 Å². The van der Waals surface area contributed by atoms with Crippen LogP contribution in [0.5, 0.6) is 11.5 Å². The van der Waals surface area contributed by atoms with Gasteiger partial charge in [0.1, 0.15) is 22.8 Å². The number of imidazole rings is 1. The number of nitrogens with zero attached hydrogens (tertiary/aromatic N) is 5. The van der Waals surface area contributed by atoms with E-state index >= 15 is 0 Å². The Bertz CT molecular complexity index is 2440. The van der Waals surface area contributed by atoms with Gasteiger partial charge in [-0.1, -0.05) is 55.9 Å². The molecule has 9 rings (SSSR count). The summed E-state index contributed by atoms with van der Waals surface area (Å²) in [7, 11) is 0. The quantitative estimate of drug-likeness (QED) is 0.188. The highest BCUT2D eigenvalue weighted by molar-refractivity contribution is 7.99. The Balaban J connectivity index is 1.03. The van der Waals surface area contributed by atoms with E-state index in [-0.39, 0.29) is 5.41 Å². The minimum atomic E-state index is -0.0858. The summed E-state index contributed by atoms with van der Waals surface area (Å²) in [6.45, 7) is 4.62. The van der Waals surface area contributed by atoms with Crippen LogP contribution in [0.4, 0.5) is 0 Å². The Morgan fingerprint density at radius 3 is 2.44 bits per heavy atom. The van der Waals surface area contributed by atoms with E-state index in [1.54, 1.807) is 6.20 Å². The van der Waals surface area contributed by atoms with Crippen LogP contribution in [0.25, 0.3) is 44.4 Å². The van der Waals surface area contributed by atoms with E-state index in [0.29, 0.717) is 0 Å². The van der Waals surface area contributed by atoms with E-state index < -0.39 is 0 Å². The topological polar surface area (TPSA) is 57.2 Å². The second-order valence-corrected chi connectivity index (χ2v) is 13.0. The van der Waals surface area contributed by atoms with E-state index in [4.69, 9.17) is 9.84 Å². The first-order valence-corrected chi connectivity index (χ1v) is 15.7. The van der Waals surface area contributed by atoms with Gasteiger partial charge in [0.25, 0.3) is 0 Å². The van der Waals surface area contributed by atoms with E-state index in [9.17, 15) is 0 Å². The molecule has 0 atom stereocenters. The van der Waals surface area contributed by atoms with Crippen LogP contribution in [0, 0.1) is 0 Å². The minimum absolute atomic E-state index is 0.0858. The Kier molecular flexibility index (Phi) is 5.67. The lowest BCUT2D eigenvalue weighted by Gasteiger charge is -2.34. The third-order valence-electron chi connectivity index (χ3n) is 8.81. The molecule has 1 aliphatic rings. The summed E-state index contributed by atoms with van der Waals surface area (Å²) < 4.78 is 10.3. The molecule has 5 heterocycles. The van der Waals surface area contributed by atoms with Crippen molar-refractivity contribution in [2.45, 2.75) is 29.1 Å². The van der Waals surface area contributed by atoms with Crippen molar-refractivity contribution in [1.29, 1.82) is 0 Å². The van der Waals surface area contributed by atoms with Crippen LogP contribution in [-0.2, 0) is 5.41 Å². The van der Waals surface area contributed by atoms with Gasteiger partial charge >= 0.3 is 0 Å². The van der Waals surface area contributed by atoms with Crippen molar-refractivity contribution in [3.63, 3.8) is 0 Å². The van der Waals surface area contributed by atoms with Crippen LogP contribution in [-0.4, -0.2) is 24.1 Å². The highest BCUT2D eigenvalue weighted by atomic mass is 32.2. The summed E-state index contributed by atoms with van der Waals surface area (Å²) in [5, 5.41) is 8.16. The fourth-order valence-electron chi connectivity index (χ4n) is 6.53. The van der Waals surface area contributed by atoms with Crippen LogP contribution in [0.15, 0.2) is 138 Å². The maximum Gasteiger partial charge on any atom is 0.146 e. The van der Waals surface area contributed by atoms with Crippen molar-refractivity contribution in [2.75, 3.05) is 0 Å². The van der Waals surface area contributed by atoms with E-state index in [0.717, 1.165) is 55.9 Å². The van der Waals surface area contributed by atoms with Crippen LogP contribution in [0.1, 0.15) is 25.0 Å². The molecule has 7 heteroatoms. The molecular formula is C38H27N5OS. The monoisotopic (exact) mass is 601 g/mol. The summed E-state index contributed by atoms with van der Waals surface area (Å²) in [6.07, 6.45) is 7.57. The molecule has 0 N–H and O–H groups in total. The molecule has 0 amide bonds. The predicted octanol–water partition coefficient (Wildman–Crippen LogP) is 9.47. The molecule has 0 radical (unpaired) electrons. The molecule has 216 valence electrons. The SMILES string of the molecule is CC1(C)c2ccccc2Sc2ccc(-c3ccn(-c4cccc(Oc5ccc6c7cccnc7n7ccnc7c6c5)c4)n3)cc21. The zero-order valence-electron chi connectivity index (χ0n) is 24.7. The first-order valence-electron chi connectivity index (χ1n) is 14.9. The van der Waals surface area contributed by atoms with E-state index in [1.165, 1.54) is 20.9 Å². The number of hydrogen-bond donors (Lipinski definition) is 0. The maximum absolute atomic E-state index is 6.40. The van der Waals surface area contributed by atoms with Crippen LogP contribution in [0.3, 0.4) is 0 Å². The molecule has 45 heavy (non-hydrogen) atoms. The summed E-state index contributed by atoms with van der Waals surface area (Å²) in [5.74, 6) is 1.47. The lowest BCUT2D eigenvalue weighted by Crippen LogP contribution is -2.23. The summed E-state index contributed by atoms with van der Waals surface area (Å²) in [5.41, 5.74) is 7.33. The average molecular weight is 602 g/mol. The Hall–Kier alpha value is -5.40. The maximum atomic E-state index is 6.40. The molecule has 8 aromatic rings. The predicted molar refractivity (Wildman–Crippen MR) is 180 cm³/mol. The number of rotatable bonds is 4. The lowest BCUT2D eigenvalue weighted by molar-refractivity contribution is 0.483. The molecule has 0 spiro atoms. The number of aromatic nitrogens is 5. The van der Waals surface area contributed by atoms with Gasteiger partial charge in [-0.05, 0) is 83.2 Å². The summed E-state index contributed by atoms with van der Waals surface area (Å²) in [4.78, 5) is 11.9. The molecule has 0 unspecified atom stereocenters. The van der Waals surface area contributed by atoms with Gasteiger partial charge in [-0.3, -0.25) is 4.40 Å². The largest absolute Gasteiger partial charge is 0.457 e. The average Bonchev–Trinajstić information content (AvgIpc) is 3.77. The first-order chi connectivity index (χ1) is 22.0. The van der Waals surface area contributed by atoms with Gasteiger partial charge in [0.15, 0.2) is 0 Å². The van der Waals surface area contributed by atoms with Crippen LogP contribution < -0.4 is 4.74 Å². The zero-order valence-corrected chi connectivity index (χ0v) is 25.5. The summed E-state index contributed by atoms with van der Waals surface area (Å²) in [6, 6.07) is 35.7. The first kappa shape index (κ1) is 26.0. The third kappa shape index (κ3) is 4.15. The number of pyridine rings is 2. The zero-order chi connectivity index (χ0) is 30.1. The Morgan fingerprint density at radius 2 is 1.49 bits per heavy atom. The van der Waals surface area contributed by atoms with Crippen LogP contribution >= 0.6 is 11.8 Å². The van der Waals surface area contributed by atoms with Crippen molar-refractivity contribution in [1.82, 2.24) is 24.1 Å². The number of benzene rings is 4. The van der Waals surface area contributed by atoms with E-state index in [2.05, 4.69) is 90.5 Å². The second kappa shape index (κ2) is 9.81. The standard InChI is InChI=1S/C38H27N5OS/c1-38(2)31-10-3-4-11-34(31)45-35-15-12-24(21-32(35)38)33-16-19-43(41-33)25-7-5-8-26(22-25)44-27-13-14-28-29-9-6-17-39-36(29)42-20-18-40-37(42)30(28)23-27/h3-23H,1-2H3. The smallest absolute Gasteiger partial charge is 0.146 e. The number of fused-ring (bicyclic) bond motifs is 8. The molecule has 4 aromatic carbocycles. The van der Waals surface area contributed by atoms with Gasteiger partial charge in [0.05, 0.1) is 11.4 Å². The molecule has 0 bridgehead atoms. The van der Waals surface area contributed by atoms with Crippen molar-refractivity contribution in [3.8, 4) is 28.4 Å². The third-order valence-corrected chi connectivity index (χ3v) is 9.97. The molecule has 1 aliphatic heterocycles. The second-order valence-electron chi connectivity index (χ2n) is 11.9. The van der Waals surface area contributed by atoms with Crippen molar-refractivity contribution in [3.05, 3.63) is 139 Å². The molecule has 4 aromatic heterocycles. The van der Waals surface area contributed by atoms with Gasteiger partial charge in [-0.2, -0.15) is 5.10 Å². The van der Waals surface area contributed by atoms with Crippen LogP contribution in [0.2, 0.25) is 0 Å². The fourth-order valence-corrected chi connectivity index (χ4v) is 7.91. The highest BCUT2D eigenvalue weighted by Gasteiger charge is 2.33. The van der Waals surface area contributed by atoms with E-state index in [1.807, 2.05) is 75.8 Å². The molecule has 0 fully saturated rings. The Morgan fingerprint density at radius 1 is 0.644 bits per heavy atom. The summed E-state index contributed by atoms with van der Waals surface area (Å²) >= 11 is 1.85. The molecule has 0 saturated carbocycles. The van der Waals surface area contributed by atoms with Gasteiger partial charge in [-0.25, -0.2) is 14.6 Å². The molecule has 0 saturated heterocycles. The van der Waals surface area contributed by atoms with Crippen molar-refractivity contribution >= 4 is 39.2 Å². The fraction of sp³-hybridized carbons (Fsp3) is 0.0789. The van der Waals surface area contributed by atoms with Crippen molar-refractivity contribution in [2.24, 2.45) is 0 Å².